The van der Waals surface area contributed by atoms with Gasteiger partial charge in [0.05, 0.1) is 6.10 Å². The summed E-state index contributed by atoms with van der Waals surface area (Å²) in [6, 6.07) is 0. The molecule has 0 saturated heterocycles. The fraction of sp³-hybridized carbons (Fsp3) is 0.737. The number of hydrogen-bond donors (Lipinski definition) is 2. The number of rotatable bonds is 5. The van der Waals surface area contributed by atoms with Crippen LogP contribution in [0.2, 0.25) is 0 Å². The Bertz CT molecular complexity index is 418. The molecule has 0 aliphatic heterocycles. The van der Waals surface area contributed by atoms with E-state index in [0.717, 1.165) is 19.3 Å². The number of aliphatic carboxylic acids is 1. The zero-order valence-corrected chi connectivity index (χ0v) is 13.7. The molecule has 0 spiro atoms. The van der Waals surface area contributed by atoms with Crippen LogP contribution in [0.1, 0.15) is 64.7 Å². The Labute approximate surface area is 134 Å². The summed E-state index contributed by atoms with van der Waals surface area (Å²) in [5.74, 6) is 0.177. The normalized spacial score (nSPS) is 29.6. The molecule has 2 rings (SSSR count). The average molecular weight is 306 g/mol. The Morgan fingerprint density at radius 1 is 1.05 bits per heavy atom. The van der Waals surface area contributed by atoms with Gasteiger partial charge < -0.3 is 10.2 Å². The fourth-order valence-corrected chi connectivity index (χ4v) is 3.86. The first-order chi connectivity index (χ1) is 10.6. The summed E-state index contributed by atoms with van der Waals surface area (Å²) in [5, 5.41) is 19.3. The Morgan fingerprint density at radius 3 is 2.32 bits per heavy atom. The Balaban J connectivity index is 2.08. The number of carboxylic acid groups (broad SMARTS) is 1. The second kappa shape index (κ2) is 8.52. The molecule has 0 bridgehead atoms. The van der Waals surface area contributed by atoms with Crippen molar-refractivity contribution < 1.29 is 15.0 Å². The molecule has 0 aromatic rings. The summed E-state index contributed by atoms with van der Waals surface area (Å²) in [5.41, 5.74) is 0.435. The number of allylic oxidation sites excluding steroid dienone is 2. The minimum atomic E-state index is -0.827. The first kappa shape index (κ1) is 17.3. The molecular weight excluding hydrogens is 276 g/mol. The molecule has 2 aliphatic rings. The van der Waals surface area contributed by atoms with Crippen LogP contribution in [0, 0.1) is 17.8 Å². The first-order valence-electron chi connectivity index (χ1n) is 8.86. The molecule has 124 valence electrons. The van der Waals surface area contributed by atoms with Gasteiger partial charge in [-0.05, 0) is 44.4 Å². The van der Waals surface area contributed by atoms with Crippen molar-refractivity contribution in [2.45, 2.75) is 70.8 Å². The Kier molecular flexibility index (Phi) is 6.69. The van der Waals surface area contributed by atoms with Gasteiger partial charge in [-0.15, -0.1) is 0 Å². The van der Waals surface area contributed by atoms with Gasteiger partial charge in [0.1, 0.15) is 0 Å². The number of aliphatic hydroxyl groups is 1. The molecule has 3 unspecified atom stereocenters. The highest BCUT2D eigenvalue weighted by molar-refractivity contribution is 5.85. The van der Waals surface area contributed by atoms with Crippen molar-refractivity contribution in [2.75, 3.05) is 0 Å². The molecule has 2 saturated carbocycles. The van der Waals surface area contributed by atoms with E-state index in [-0.39, 0.29) is 17.9 Å². The second-order valence-corrected chi connectivity index (χ2v) is 7.03. The molecule has 3 nitrogen and oxygen atoms in total. The van der Waals surface area contributed by atoms with E-state index < -0.39 is 5.97 Å². The van der Waals surface area contributed by atoms with Crippen LogP contribution in [0.4, 0.5) is 0 Å². The average Bonchev–Trinajstić information content (AvgIpc) is 2.53. The Morgan fingerprint density at radius 2 is 1.68 bits per heavy atom. The van der Waals surface area contributed by atoms with E-state index in [1.165, 1.54) is 38.5 Å². The number of carboxylic acids is 1. The quantitative estimate of drug-likeness (QED) is 0.587. The lowest BCUT2D eigenvalue weighted by atomic mass is 9.78. The van der Waals surface area contributed by atoms with Crippen molar-refractivity contribution in [1.29, 1.82) is 0 Å². The molecule has 3 atom stereocenters. The molecule has 0 aromatic heterocycles. The lowest BCUT2D eigenvalue weighted by Crippen LogP contribution is -2.23. The highest BCUT2D eigenvalue weighted by Gasteiger charge is 2.24. The molecular formula is C19H30O3. The summed E-state index contributed by atoms with van der Waals surface area (Å²) in [4.78, 5) is 11.1. The minimum Gasteiger partial charge on any atom is -0.478 e. The van der Waals surface area contributed by atoms with Gasteiger partial charge in [0.15, 0.2) is 0 Å². The van der Waals surface area contributed by atoms with Crippen molar-refractivity contribution in [2.24, 2.45) is 17.8 Å². The van der Waals surface area contributed by atoms with Gasteiger partial charge in [-0.1, -0.05) is 50.3 Å². The number of carbonyl (C=O) groups is 1. The van der Waals surface area contributed by atoms with E-state index in [9.17, 15) is 9.90 Å². The van der Waals surface area contributed by atoms with Crippen molar-refractivity contribution in [3.63, 3.8) is 0 Å². The van der Waals surface area contributed by atoms with E-state index >= 15 is 0 Å². The zero-order valence-electron chi connectivity index (χ0n) is 13.7. The van der Waals surface area contributed by atoms with Crippen LogP contribution >= 0.6 is 0 Å². The van der Waals surface area contributed by atoms with Crippen LogP contribution in [0.15, 0.2) is 23.8 Å². The van der Waals surface area contributed by atoms with E-state index in [4.69, 9.17) is 5.11 Å². The zero-order chi connectivity index (χ0) is 15.9. The van der Waals surface area contributed by atoms with Crippen molar-refractivity contribution in [3.8, 4) is 0 Å². The third kappa shape index (κ3) is 4.98. The van der Waals surface area contributed by atoms with Gasteiger partial charge in [0, 0.05) is 11.5 Å². The summed E-state index contributed by atoms with van der Waals surface area (Å²) < 4.78 is 0. The SMILES string of the molecule is CC(=CC(C=CC1CCCCC1O)C1CCCCC1)C(=O)O. The van der Waals surface area contributed by atoms with Gasteiger partial charge in [-0.25, -0.2) is 4.79 Å². The molecule has 2 fully saturated rings. The molecule has 0 aromatic carbocycles. The lowest BCUT2D eigenvalue weighted by Gasteiger charge is -2.28. The fourth-order valence-electron chi connectivity index (χ4n) is 3.86. The van der Waals surface area contributed by atoms with Crippen LogP contribution in [0.25, 0.3) is 0 Å². The molecule has 22 heavy (non-hydrogen) atoms. The molecule has 2 aliphatic carbocycles. The third-order valence-electron chi connectivity index (χ3n) is 5.34. The minimum absolute atomic E-state index is 0.200. The maximum atomic E-state index is 11.1. The summed E-state index contributed by atoms with van der Waals surface area (Å²) >= 11 is 0. The molecule has 3 heteroatoms. The Hall–Kier alpha value is -1.09. The van der Waals surface area contributed by atoms with E-state index in [2.05, 4.69) is 12.2 Å². The monoisotopic (exact) mass is 306 g/mol. The van der Waals surface area contributed by atoms with Crippen LogP contribution in [-0.4, -0.2) is 22.3 Å². The smallest absolute Gasteiger partial charge is 0.330 e. The van der Waals surface area contributed by atoms with Gasteiger partial charge in [0.25, 0.3) is 0 Å². The second-order valence-electron chi connectivity index (χ2n) is 7.03. The van der Waals surface area contributed by atoms with Crippen LogP contribution < -0.4 is 0 Å². The van der Waals surface area contributed by atoms with Crippen LogP contribution in [0.3, 0.4) is 0 Å². The number of hydrogen-bond acceptors (Lipinski definition) is 2. The summed E-state index contributed by atoms with van der Waals surface area (Å²) in [6.45, 7) is 1.68. The summed E-state index contributed by atoms with van der Waals surface area (Å²) in [6.07, 6.45) is 16.5. The molecule has 2 N–H and O–H groups in total. The largest absolute Gasteiger partial charge is 0.478 e. The molecule has 0 heterocycles. The standard InChI is InChI=1S/C19H30O3/c1-14(19(21)22)13-17(15-7-3-2-4-8-15)12-11-16-9-5-6-10-18(16)20/h11-13,15-18,20H,2-10H2,1H3,(H,21,22). The van der Waals surface area contributed by atoms with Gasteiger partial charge in [-0.2, -0.15) is 0 Å². The summed E-state index contributed by atoms with van der Waals surface area (Å²) in [7, 11) is 0. The van der Waals surface area contributed by atoms with Crippen LogP contribution in [0.5, 0.6) is 0 Å². The maximum absolute atomic E-state index is 11.1. The predicted octanol–water partition coefficient (Wildman–Crippen LogP) is 4.32. The predicted molar refractivity (Wildman–Crippen MR) is 88.6 cm³/mol. The van der Waals surface area contributed by atoms with E-state index in [1.54, 1.807) is 6.92 Å². The molecule has 0 radical (unpaired) electrons. The lowest BCUT2D eigenvalue weighted by molar-refractivity contribution is -0.132. The topological polar surface area (TPSA) is 57.5 Å². The van der Waals surface area contributed by atoms with E-state index in [1.807, 2.05) is 6.08 Å². The highest BCUT2D eigenvalue weighted by Crippen LogP contribution is 2.33. The van der Waals surface area contributed by atoms with Crippen molar-refractivity contribution >= 4 is 5.97 Å². The first-order valence-corrected chi connectivity index (χ1v) is 8.86. The van der Waals surface area contributed by atoms with Crippen LogP contribution in [-0.2, 0) is 4.79 Å². The maximum Gasteiger partial charge on any atom is 0.330 e. The van der Waals surface area contributed by atoms with Gasteiger partial charge >= 0.3 is 5.97 Å². The van der Waals surface area contributed by atoms with Crippen molar-refractivity contribution in [3.05, 3.63) is 23.8 Å². The molecule has 0 amide bonds. The van der Waals surface area contributed by atoms with Gasteiger partial charge in [0.2, 0.25) is 0 Å². The number of aliphatic hydroxyl groups excluding tert-OH is 1. The van der Waals surface area contributed by atoms with Gasteiger partial charge in [-0.3, -0.25) is 0 Å². The van der Waals surface area contributed by atoms with E-state index in [0.29, 0.717) is 11.5 Å². The highest BCUT2D eigenvalue weighted by atomic mass is 16.4. The van der Waals surface area contributed by atoms with Crippen molar-refractivity contribution in [1.82, 2.24) is 0 Å². The third-order valence-corrected chi connectivity index (χ3v) is 5.34.